The van der Waals surface area contributed by atoms with E-state index in [9.17, 15) is 32.5 Å². The first-order valence-electron chi connectivity index (χ1n) is 8.95. The molecule has 13 heteroatoms. The number of carbonyl (C=O) groups excluding carboxylic acids is 2. The minimum Gasteiger partial charge on any atom is -0.423 e. The molecule has 1 aliphatic rings. The Bertz CT molecular complexity index is 1140. The number of non-ortho nitro benzene ring substituents is 1. The van der Waals surface area contributed by atoms with Crippen molar-refractivity contribution in [2.45, 2.75) is 24.5 Å². The molecule has 1 aliphatic heterocycles. The molecule has 0 aromatic heterocycles. The average Bonchev–Trinajstić information content (AvgIpc) is 3.09. The number of amides is 2. The van der Waals surface area contributed by atoms with Crippen LogP contribution in [-0.4, -0.2) is 38.1 Å². The van der Waals surface area contributed by atoms with E-state index in [0.29, 0.717) is 0 Å². The summed E-state index contributed by atoms with van der Waals surface area (Å²) in [6, 6.07) is 7.46. The molecule has 2 aromatic carbocycles. The lowest BCUT2D eigenvalue weighted by Crippen LogP contribution is -2.37. The van der Waals surface area contributed by atoms with E-state index in [1.807, 2.05) is 0 Å². The molecule has 0 aliphatic carbocycles. The number of nitrogens with zero attached hydrogens (tertiary/aromatic N) is 2. The number of sulfonamides is 1. The standard InChI is InChI=1S/C18H17FN4O7S/c1-2-16(24)20-17-10-22(18(25)30-17)12-5-8-15(14(19)9-12)21-31(28,29)13-6-3-11(4-7-13)23(26)27/h3-9,17,21H,2,10H2,1H3,(H,20,24)/t17-/m0/s1. The molecular weight excluding hydrogens is 435 g/mol. The molecule has 2 aromatic rings. The SMILES string of the molecule is CCC(=O)N[C@@H]1CN(c2ccc(NS(=O)(=O)c3ccc([N+](=O)[O-])cc3)c(F)c2)C(=O)O1. The first-order chi connectivity index (χ1) is 14.6. The van der Waals surface area contributed by atoms with E-state index in [1.165, 1.54) is 6.07 Å². The summed E-state index contributed by atoms with van der Waals surface area (Å²) in [5, 5.41) is 13.2. The topological polar surface area (TPSA) is 148 Å². The van der Waals surface area contributed by atoms with Gasteiger partial charge in [0.15, 0.2) is 6.23 Å². The van der Waals surface area contributed by atoms with Crippen molar-refractivity contribution in [1.82, 2.24) is 5.32 Å². The van der Waals surface area contributed by atoms with Crippen molar-refractivity contribution in [3.8, 4) is 0 Å². The third-order valence-corrected chi connectivity index (χ3v) is 5.70. The monoisotopic (exact) mass is 452 g/mol. The maximum atomic E-state index is 14.5. The molecule has 3 rings (SSSR count). The number of anilines is 2. The van der Waals surface area contributed by atoms with E-state index in [4.69, 9.17) is 4.74 Å². The first-order valence-corrected chi connectivity index (χ1v) is 10.4. The van der Waals surface area contributed by atoms with Gasteiger partial charge in [-0.15, -0.1) is 0 Å². The van der Waals surface area contributed by atoms with Crippen LogP contribution in [0.5, 0.6) is 0 Å². The van der Waals surface area contributed by atoms with E-state index in [2.05, 4.69) is 10.0 Å². The highest BCUT2D eigenvalue weighted by Crippen LogP contribution is 2.27. The smallest absolute Gasteiger partial charge is 0.416 e. The second-order valence-corrected chi connectivity index (χ2v) is 8.11. The third kappa shape index (κ3) is 4.88. The minimum absolute atomic E-state index is 0.0438. The zero-order chi connectivity index (χ0) is 22.8. The van der Waals surface area contributed by atoms with Gasteiger partial charge in [-0.05, 0) is 30.3 Å². The summed E-state index contributed by atoms with van der Waals surface area (Å²) in [5.74, 6) is -1.28. The van der Waals surface area contributed by atoms with Crippen LogP contribution < -0.4 is 14.9 Å². The number of cyclic esters (lactones) is 1. The fourth-order valence-electron chi connectivity index (χ4n) is 2.74. The third-order valence-electron chi connectivity index (χ3n) is 4.32. The zero-order valence-electron chi connectivity index (χ0n) is 16.1. The fourth-order valence-corrected chi connectivity index (χ4v) is 3.80. The van der Waals surface area contributed by atoms with Crippen LogP contribution in [0.4, 0.5) is 26.2 Å². The Labute approximate surface area is 176 Å². The van der Waals surface area contributed by atoms with Gasteiger partial charge >= 0.3 is 6.09 Å². The predicted octanol–water partition coefficient (Wildman–Crippen LogP) is 2.34. The quantitative estimate of drug-likeness (QED) is 0.484. The van der Waals surface area contributed by atoms with Crippen molar-refractivity contribution in [1.29, 1.82) is 0 Å². The van der Waals surface area contributed by atoms with E-state index in [-0.39, 0.29) is 40.8 Å². The summed E-state index contributed by atoms with van der Waals surface area (Å²) in [4.78, 5) is 34.3. The van der Waals surface area contributed by atoms with Gasteiger partial charge < -0.3 is 10.1 Å². The molecule has 31 heavy (non-hydrogen) atoms. The van der Waals surface area contributed by atoms with Crippen molar-refractivity contribution < 1.29 is 32.1 Å². The summed E-state index contributed by atoms with van der Waals surface area (Å²) in [5.41, 5.74) is -0.569. The highest BCUT2D eigenvalue weighted by atomic mass is 32.2. The summed E-state index contributed by atoms with van der Waals surface area (Å²) < 4.78 is 46.5. The normalized spacial score (nSPS) is 16.0. The summed E-state index contributed by atoms with van der Waals surface area (Å²) in [6.07, 6.45) is -1.48. The Morgan fingerprint density at radius 1 is 1.29 bits per heavy atom. The number of rotatable bonds is 7. The minimum atomic E-state index is -4.21. The zero-order valence-corrected chi connectivity index (χ0v) is 16.9. The number of nitro benzene ring substituents is 1. The number of hydrogen-bond acceptors (Lipinski definition) is 7. The number of benzene rings is 2. The van der Waals surface area contributed by atoms with Gasteiger partial charge in [0.1, 0.15) is 5.82 Å². The van der Waals surface area contributed by atoms with E-state index >= 15 is 0 Å². The van der Waals surface area contributed by atoms with Crippen LogP contribution in [0.3, 0.4) is 0 Å². The molecule has 11 nitrogen and oxygen atoms in total. The number of ether oxygens (including phenoxy) is 1. The number of nitro groups is 1. The highest BCUT2D eigenvalue weighted by molar-refractivity contribution is 7.92. The van der Waals surface area contributed by atoms with Gasteiger partial charge in [-0.25, -0.2) is 17.6 Å². The molecule has 2 N–H and O–H groups in total. The predicted molar refractivity (Wildman–Crippen MR) is 106 cm³/mol. The lowest BCUT2D eigenvalue weighted by molar-refractivity contribution is -0.384. The van der Waals surface area contributed by atoms with Crippen LogP contribution >= 0.6 is 0 Å². The van der Waals surface area contributed by atoms with E-state index in [0.717, 1.165) is 41.3 Å². The van der Waals surface area contributed by atoms with Crippen LogP contribution in [0.15, 0.2) is 47.4 Å². The Kier molecular flexibility index (Phi) is 6.06. The van der Waals surface area contributed by atoms with Gasteiger partial charge in [0.25, 0.3) is 15.7 Å². The molecule has 0 unspecified atom stereocenters. The highest BCUT2D eigenvalue weighted by Gasteiger charge is 2.33. The molecule has 164 valence electrons. The van der Waals surface area contributed by atoms with Crippen molar-refractivity contribution in [2.75, 3.05) is 16.2 Å². The molecule has 0 spiro atoms. The van der Waals surface area contributed by atoms with Crippen LogP contribution in [0.1, 0.15) is 13.3 Å². The number of halogens is 1. The Hall–Kier alpha value is -3.74. The van der Waals surface area contributed by atoms with Crippen LogP contribution in [0, 0.1) is 15.9 Å². The lowest BCUT2D eigenvalue weighted by Gasteiger charge is -2.15. The van der Waals surface area contributed by atoms with Crippen LogP contribution in [-0.2, 0) is 19.6 Å². The number of hydrogen-bond donors (Lipinski definition) is 2. The molecule has 1 atom stereocenters. The average molecular weight is 452 g/mol. The molecule has 0 saturated carbocycles. The molecular formula is C18H17FN4O7S. The van der Waals surface area contributed by atoms with Gasteiger partial charge in [0, 0.05) is 18.6 Å². The van der Waals surface area contributed by atoms with Crippen molar-refractivity contribution in [3.63, 3.8) is 0 Å². The maximum absolute atomic E-state index is 14.5. The number of nitrogens with one attached hydrogen (secondary N) is 2. The van der Waals surface area contributed by atoms with Crippen LogP contribution in [0.25, 0.3) is 0 Å². The van der Waals surface area contributed by atoms with Gasteiger partial charge in [-0.1, -0.05) is 6.92 Å². The van der Waals surface area contributed by atoms with Crippen molar-refractivity contribution in [2.24, 2.45) is 0 Å². The first kappa shape index (κ1) is 22.0. The van der Waals surface area contributed by atoms with Crippen molar-refractivity contribution >= 4 is 39.1 Å². The molecule has 1 heterocycles. The van der Waals surface area contributed by atoms with E-state index < -0.39 is 33.1 Å². The molecule has 1 saturated heterocycles. The van der Waals surface area contributed by atoms with Gasteiger partial charge in [0.2, 0.25) is 5.91 Å². The molecule has 0 bridgehead atoms. The van der Waals surface area contributed by atoms with Crippen molar-refractivity contribution in [3.05, 3.63) is 58.4 Å². The largest absolute Gasteiger partial charge is 0.423 e. The van der Waals surface area contributed by atoms with Crippen LogP contribution in [0.2, 0.25) is 0 Å². The Morgan fingerprint density at radius 3 is 2.55 bits per heavy atom. The van der Waals surface area contributed by atoms with Gasteiger partial charge in [-0.2, -0.15) is 0 Å². The van der Waals surface area contributed by atoms with Gasteiger partial charge in [-0.3, -0.25) is 24.5 Å². The lowest BCUT2D eigenvalue weighted by atomic mass is 10.2. The fraction of sp³-hybridized carbons (Fsp3) is 0.222. The summed E-state index contributed by atoms with van der Waals surface area (Å²) in [6.45, 7) is 1.59. The second kappa shape index (κ2) is 8.55. The second-order valence-electron chi connectivity index (χ2n) is 6.42. The van der Waals surface area contributed by atoms with E-state index in [1.54, 1.807) is 6.92 Å². The molecule has 1 fully saturated rings. The maximum Gasteiger partial charge on any atom is 0.416 e. The van der Waals surface area contributed by atoms with Gasteiger partial charge in [0.05, 0.1) is 27.7 Å². The Balaban J connectivity index is 1.75. The molecule has 0 radical (unpaired) electrons. The molecule has 2 amide bonds. The summed E-state index contributed by atoms with van der Waals surface area (Å²) in [7, 11) is -4.21. The number of carbonyl (C=O) groups is 2. The Morgan fingerprint density at radius 2 is 1.97 bits per heavy atom. The summed E-state index contributed by atoms with van der Waals surface area (Å²) >= 11 is 0.